The lowest BCUT2D eigenvalue weighted by Gasteiger charge is -2.28. The van der Waals surface area contributed by atoms with E-state index in [1.165, 1.54) is 0 Å². The molecule has 0 bridgehead atoms. The highest BCUT2D eigenvalue weighted by Crippen LogP contribution is 2.42. The Hall–Kier alpha value is -3.35. The molecule has 7 nitrogen and oxygen atoms in total. The molecular weight excluding hydrogens is 336 g/mol. The summed E-state index contributed by atoms with van der Waals surface area (Å²) in [7, 11) is 0. The number of hydrogen-bond donors (Lipinski definition) is 2. The first kappa shape index (κ1) is 16.1. The number of para-hydroxylation sites is 2. The molecule has 2 aromatic rings. The Balaban J connectivity index is 1.50. The van der Waals surface area contributed by atoms with Crippen molar-refractivity contribution >= 4 is 18.0 Å². The Kier molecular flexibility index (Phi) is 4.04. The molecule has 0 aromatic heterocycles. The van der Waals surface area contributed by atoms with Crippen LogP contribution in [0, 0.1) is 0 Å². The van der Waals surface area contributed by atoms with Gasteiger partial charge in [-0.3, -0.25) is 4.79 Å². The van der Waals surface area contributed by atoms with Crippen LogP contribution in [0.1, 0.15) is 30.0 Å². The minimum Gasteiger partial charge on any atom is -0.457 e. The first-order valence-corrected chi connectivity index (χ1v) is 8.29. The Labute approximate surface area is 149 Å². The Bertz CT molecular complexity index is 850. The van der Waals surface area contributed by atoms with Crippen LogP contribution in [-0.4, -0.2) is 24.0 Å². The summed E-state index contributed by atoms with van der Waals surface area (Å²) in [6, 6.07) is 13.9. The molecule has 0 saturated carbocycles. The van der Waals surface area contributed by atoms with Crippen molar-refractivity contribution in [2.45, 2.75) is 24.9 Å². The van der Waals surface area contributed by atoms with Gasteiger partial charge in [-0.05, 0) is 18.6 Å². The summed E-state index contributed by atoms with van der Waals surface area (Å²) in [6.45, 7) is 0. The molecule has 1 saturated heterocycles. The standard InChI is InChI=1S/C19H16N2O5/c22-16(10-9-13-18(23)26-19(24)20-13)21-17-11-5-1-3-7-14(11)25-15-8-4-2-6-12(15)17/h1-8,13,17H,9-10H2,(H,20,24)(H,21,22)/t13-/m0/s1. The summed E-state index contributed by atoms with van der Waals surface area (Å²) in [4.78, 5) is 35.0. The maximum atomic E-state index is 12.5. The van der Waals surface area contributed by atoms with Crippen LogP contribution in [0.2, 0.25) is 0 Å². The zero-order chi connectivity index (χ0) is 18.1. The lowest BCUT2D eigenvalue weighted by molar-refractivity contribution is -0.135. The Morgan fingerprint density at radius 1 is 0.962 bits per heavy atom. The highest BCUT2D eigenvalue weighted by molar-refractivity contribution is 5.95. The molecule has 2 N–H and O–H groups in total. The van der Waals surface area contributed by atoms with Crippen molar-refractivity contribution < 1.29 is 23.9 Å². The number of alkyl carbamates (subject to hydrolysis) is 1. The first-order valence-electron chi connectivity index (χ1n) is 8.29. The van der Waals surface area contributed by atoms with Gasteiger partial charge in [-0.15, -0.1) is 0 Å². The molecule has 2 aliphatic rings. The molecular formula is C19H16N2O5. The number of esters is 1. The van der Waals surface area contributed by atoms with E-state index in [-0.39, 0.29) is 24.8 Å². The van der Waals surface area contributed by atoms with Crippen LogP contribution in [-0.2, 0) is 14.3 Å². The number of fused-ring (bicyclic) bond motifs is 2. The van der Waals surface area contributed by atoms with E-state index in [1.807, 2.05) is 48.5 Å². The van der Waals surface area contributed by atoms with Crippen LogP contribution >= 0.6 is 0 Å². The van der Waals surface area contributed by atoms with Crippen molar-refractivity contribution in [3.05, 3.63) is 59.7 Å². The van der Waals surface area contributed by atoms with Gasteiger partial charge in [0.2, 0.25) is 5.91 Å². The summed E-state index contributed by atoms with van der Waals surface area (Å²) in [5, 5.41) is 5.38. The third-order valence-electron chi connectivity index (χ3n) is 4.42. The number of ether oxygens (including phenoxy) is 2. The van der Waals surface area contributed by atoms with Crippen molar-refractivity contribution in [3.63, 3.8) is 0 Å². The number of rotatable bonds is 4. The second-order valence-electron chi connectivity index (χ2n) is 6.12. The van der Waals surface area contributed by atoms with Crippen LogP contribution in [0.25, 0.3) is 0 Å². The fraction of sp³-hybridized carbons (Fsp3) is 0.211. The minimum atomic E-state index is -0.775. The van der Waals surface area contributed by atoms with E-state index < -0.39 is 18.1 Å². The van der Waals surface area contributed by atoms with Gasteiger partial charge < -0.3 is 20.1 Å². The number of carbonyl (C=O) groups is 3. The number of nitrogens with one attached hydrogen (secondary N) is 2. The van der Waals surface area contributed by atoms with Crippen molar-refractivity contribution in [1.29, 1.82) is 0 Å². The molecule has 0 spiro atoms. The monoisotopic (exact) mass is 352 g/mol. The first-order chi connectivity index (χ1) is 12.6. The second kappa shape index (κ2) is 6.51. The van der Waals surface area contributed by atoms with Crippen LogP contribution in [0.3, 0.4) is 0 Å². The van der Waals surface area contributed by atoms with Gasteiger partial charge in [0.05, 0.1) is 6.04 Å². The van der Waals surface area contributed by atoms with E-state index in [9.17, 15) is 14.4 Å². The van der Waals surface area contributed by atoms with Gasteiger partial charge in [-0.25, -0.2) is 9.59 Å². The van der Waals surface area contributed by atoms with Crippen LogP contribution in [0.4, 0.5) is 4.79 Å². The number of carbonyl (C=O) groups excluding carboxylic acids is 3. The van der Waals surface area contributed by atoms with Gasteiger partial charge in [-0.2, -0.15) is 0 Å². The third-order valence-corrected chi connectivity index (χ3v) is 4.42. The van der Waals surface area contributed by atoms with E-state index in [0.29, 0.717) is 11.5 Å². The predicted molar refractivity (Wildman–Crippen MR) is 90.6 cm³/mol. The number of hydrogen-bond acceptors (Lipinski definition) is 5. The number of cyclic esters (lactones) is 2. The van der Waals surface area contributed by atoms with Gasteiger partial charge in [0, 0.05) is 17.5 Å². The maximum absolute atomic E-state index is 12.5. The van der Waals surface area contributed by atoms with Crippen LogP contribution in [0.5, 0.6) is 11.5 Å². The highest BCUT2D eigenvalue weighted by atomic mass is 16.6. The molecule has 4 rings (SSSR count). The van der Waals surface area contributed by atoms with Crippen molar-refractivity contribution in [1.82, 2.24) is 10.6 Å². The summed E-state index contributed by atoms with van der Waals surface area (Å²) < 4.78 is 10.3. The number of amides is 2. The zero-order valence-corrected chi connectivity index (χ0v) is 13.7. The normalized spacial score (nSPS) is 18.2. The van der Waals surface area contributed by atoms with E-state index >= 15 is 0 Å². The second-order valence-corrected chi connectivity index (χ2v) is 6.12. The molecule has 132 valence electrons. The molecule has 0 radical (unpaired) electrons. The fourth-order valence-corrected chi connectivity index (χ4v) is 3.16. The summed E-state index contributed by atoms with van der Waals surface area (Å²) >= 11 is 0. The van der Waals surface area contributed by atoms with Gasteiger partial charge >= 0.3 is 12.1 Å². The Morgan fingerprint density at radius 2 is 1.58 bits per heavy atom. The molecule has 0 unspecified atom stereocenters. The molecule has 1 fully saturated rings. The average Bonchev–Trinajstić information content (AvgIpc) is 2.97. The average molecular weight is 352 g/mol. The molecule has 2 heterocycles. The summed E-state index contributed by atoms with van der Waals surface area (Å²) in [6.07, 6.45) is -0.502. The summed E-state index contributed by atoms with van der Waals surface area (Å²) in [5.41, 5.74) is 1.74. The van der Waals surface area contributed by atoms with Crippen molar-refractivity contribution in [2.24, 2.45) is 0 Å². The highest BCUT2D eigenvalue weighted by Gasteiger charge is 2.33. The van der Waals surface area contributed by atoms with Gasteiger partial charge in [-0.1, -0.05) is 36.4 Å². The molecule has 26 heavy (non-hydrogen) atoms. The number of benzene rings is 2. The topological polar surface area (TPSA) is 93.7 Å². The smallest absolute Gasteiger partial charge is 0.415 e. The minimum absolute atomic E-state index is 0.0851. The maximum Gasteiger partial charge on any atom is 0.415 e. The lowest BCUT2D eigenvalue weighted by atomic mass is 9.94. The van der Waals surface area contributed by atoms with Gasteiger partial charge in [0.1, 0.15) is 17.5 Å². The van der Waals surface area contributed by atoms with Crippen LogP contribution in [0.15, 0.2) is 48.5 Å². The van der Waals surface area contributed by atoms with E-state index in [2.05, 4.69) is 15.4 Å². The van der Waals surface area contributed by atoms with Gasteiger partial charge in [0.25, 0.3) is 0 Å². The zero-order valence-electron chi connectivity index (χ0n) is 13.7. The Morgan fingerprint density at radius 3 is 2.15 bits per heavy atom. The van der Waals surface area contributed by atoms with E-state index in [4.69, 9.17) is 4.74 Å². The van der Waals surface area contributed by atoms with Crippen LogP contribution < -0.4 is 15.4 Å². The summed E-state index contributed by atoms with van der Waals surface area (Å²) in [5.74, 6) is 0.520. The fourth-order valence-electron chi connectivity index (χ4n) is 3.16. The van der Waals surface area contributed by atoms with Crippen molar-refractivity contribution in [3.8, 4) is 11.5 Å². The van der Waals surface area contributed by atoms with Gasteiger partial charge in [0.15, 0.2) is 0 Å². The quantitative estimate of drug-likeness (QED) is 0.651. The molecule has 7 heteroatoms. The molecule has 2 aromatic carbocycles. The lowest BCUT2D eigenvalue weighted by Crippen LogP contribution is -2.34. The van der Waals surface area contributed by atoms with Crippen molar-refractivity contribution in [2.75, 3.05) is 0 Å². The largest absolute Gasteiger partial charge is 0.457 e. The van der Waals surface area contributed by atoms with E-state index in [1.54, 1.807) is 0 Å². The molecule has 0 aliphatic carbocycles. The van der Waals surface area contributed by atoms with E-state index in [0.717, 1.165) is 11.1 Å². The predicted octanol–water partition coefficient (Wildman–Crippen LogP) is 2.41. The molecule has 2 aliphatic heterocycles. The SMILES string of the molecule is O=C(CC[C@@H]1NC(=O)OC1=O)NC1c2ccccc2Oc2ccccc21. The third kappa shape index (κ3) is 2.99. The molecule has 2 amide bonds. The molecule has 1 atom stereocenters.